The summed E-state index contributed by atoms with van der Waals surface area (Å²) in [5, 5.41) is 13.6. The van der Waals surface area contributed by atoms with Crippen molar-refractivity contribution in [3.8, 4) is 5.75 Å². The summed E-state index contributed by atoms with van der Waals surface area (Å²) in [5.74, 6) is 0.0210. The number of ether oxygens (including phenoxy) is 1. The summed E-state index contributed by atoms with van der Waals surface area (Å²) in [7, 11) is 1.43. The van der Waals surface area contributed by atoms with Gasteiger partial charge in [-0.05, 0) is 39.3 Å². The quantitative estimate of drug-likeness (QED) is 0.356. The fourth-order valence-electron chi connectivity index (χ4n) is 2.15. The van der Waals surface area contributed by atoms with Crippen molar-refractivity contribution in [3.63, 3.8) is 0 Å². The van der Waals surface area contributed by atoms with E-state index in [-0.39, 0.29) is 17.3 Å². The minimum atomic E-state index is -0.529. The lowest BCUT2D eigenvalue weighted by atomic mass is 10.2. The number of aromatic nitrogens is 2. The Bertz CT molecular complexity index is 834. The standard InChI is InChI=1S/C17H20N4O4S/c1-9-10(2)18-17(19-11(9)3)26-12(4)16(22)20-14-8-13(21(23)24)6-7-15(14)25-5/h6-8,12H,1-5H3,(H,20,22)/t12-/m1/s1. The molecule has 138 valence electrons. The lowest BCUT2D eigenvalue weighted by Crippen LogP contribution is -2.23. The molecule has 0 aliphatic rings. The van der Waals surface area contributed by atoms with Gasteiger partial charge in [0.1, 0.15) is 5.75 Å². The number of thioether (sulfide) groups is 1. The van der Waals surface area contributed by atoms with Gasteiger partial charge in [0.15, 0.2) is 5.16 Å². The molecule has 9 heteroatoms. The normalized spacial score (nSPS) is 11.7. The number of carbonyl (C=O) groups excluding carboxylic acids is 1. The van der Waals surface area contributed by atoms with Crippen LogP contribution in [0.5, 0.6) is 5.75 Å². The second-order valence-corrected chi connectivity index (χ2v) is 7.00. The summed E-state index contributed by atoms with van der Waals surface area (Å²) in [4.78, 5) is 31.7. The van der Waals surface area contributed by atoms with Crippen LogP contribution in [0.15, 0.2) is 23.4 Å². The molecule has 0 unspecified atom stereocenters. The number of amides is 1. The average molecular weight is 376 g/mol. The number of hydrogen-bond donors (Lipinski definition) is 1. The van der Waals surface area contributed by atoms with E-state index in [9.17, 15) is 14.9 Å². The number of hydrogen-bond acceptors (Lipinski definition) is 7. The number of carbonyl (C=O) groups is 1. The summed E-state index contributed by atoms with van der Waals surface area (Å²) < 4.78 is 5.15. The van der Waals surface area contributed by atoms with Crippen molar-refractivity contribution < 1.29 is 14.5 Å². The Morgan fingerprint density at radius 2 is 1.88 bits per heavy atom. The number of nitrogens with zero attached hydrogens (tertiary/aromatic N) is 3. The van der Waals surface area contributed by atoms with Crippen LogP contribution in [0.4, 0.5) is 11.4 Å². The Kier molecular flexibility index (Phi) is 6.14. The smallest absolute Gasteiger partial charge is 0.271 e. The van der Waals surface area contributed by atoms with Crippen molar-refractivity contribution in [2.75, 3.05) is 12.4 Å². The number of methoxy groups -OCH3 is 1. The number of nitrogens with one attached hydrogen (secondary N) is 1. The molecule has 2 rings (SSSR count). The van der Waals surface area contributed by atoms with Crippen molar-refractivity contribution in [2.24, 2.45) is 0 Å². The first-order valence-electron chi connectivity index (χ1n) is 7.84. The van der Waals surface area contributed by atoms with E-state index < -0.39 is 10.2 Å². The second kappa shape index (κ2) is 8.13. The first-order chi connectivity index (χ1) is 12.2. The number of rotatable bonds is 6. The zero-order valence-corrected chi connectivity index (χ0v) is 16.0. The molecule has 1 amide bonds. The van der Waals surface area contributed by atoms with Crippen LogP contribution in [0.3, 0.4) is 0 Å². The van der Waals surface area contributed by atoms with E-state index in [4.69, 9.17) is 4.74 Å². The predicted molar refractivity (Wildman–Crippen MR) is 99.8 cm³/mol. The Labute approximate surface area is 155 Å². The third-order valence-electron chi connectivity index (χ3n) is 3.92. The van der Waals surface area contributed by atoms with Crippen LogP contribution < -0.4 is 10.1 Å². The molecule has 1 aromatic carbocycles. The van der Waals surface area contributed by atoms with Gasteiger partial charge in [-0.15, -0.1) is 0 Å². The van der Waals surface area contributed by atoms with Crippen LogP contribution in [-0.4, -0.2) is 33.2 Å². The molecule has 2 aromatic rings. The minimum Gasteiger partial charge on any atom is -0.495 e. The van der Waals surface area contributed by atoms with Crippen molar-refractivity contribution in [1.29, 1.82) is 0 Å². The average Bonchev–Trinajstić information content (AvgIpc) is 2.59. The van der Waals surface area contributed by atoms with E-state index in [1.54, 1.807) is 6.92 Å². The molecule has 1 heterocycles. The third-order valence-corrected chi connectivity index (χ3v) is 4.88. The lowest BCUT2D eigenvalue weighted by Gasteiger charge is -2.14. The van der Waals surface area contributed by atoms with E-state index in [2.05, 4.69) is 15.3 Å². The first-order valence-corrected chi connectivity index (χ1v) is 8.72. The Balaban J connectivity index is 2.17. The van der Waals surface area contributed by atoms with Crippen LogP contribution in [0.2, 0.25) is 0 Å². The SMILES string of the molecule is COc1ccc([N+](=O)[O-])cc1NC(=O)[C@@H](C)Sc1nc(C)c(C)c(C)n1. The zero-order valence-electron chi connectivity index (χ0n) is 15.2. The first kappa shape index (κ1) is 19.6. The molecule has 0 bridgehead atoms. The Hall–Kier alpha value is -2.68. The molecule has 1 atom stereocenters. The number of nitro groups is 1. The molecule has 0 saturated heterocycles. The number of benzene rings is 1. The molecule has 0 saturated carbocycles. The van der Waals surface area contributed by atoms with Gasteiger partial charge in [-0.3, -0.25) is 14.9 Å². The van der Waals surface area contributed by atoms with Crippen LogP contribution in [0.1, 0.15) is 23.9 Å². The third kappa shape index (κ3) is 4.48. The maximum Gasteiger partial charge on any atom is 0.271 e. The number of anilines is 1. The summed E-state index contributed by atoms with van der Waals surface area (Å²) in [6.07, 6.45) is 0. The van der Waals surface area contributed by atoms with Crippen LogP contribution in [-0.2, 0) is 4.79 Å². The highest BCUT2D eigenvalue weighted by atomic mass is 32.2. The molecule has 1 N–H and O–H groups in total. The van der Waals surface area contributed by atoms with Crippen LogP contribution in [0, 0.1) is 30.9 Å². The summed E-state index contributed by atoms with van der Waals surface area (Å²) >= 11 is 1.22. The molecule has 0 radical (unpaired) electrons. The van der Waals surface area contributed by atoms with Gasteiger partial charge >= 0.3 is 0 Å². The van der Waals surface area contributed by atoms with Crippen LogP contribution >= 0.6 is 11.8 Å². The van der Waals surface area contributed by atoms with Gasteiger partial charge < -0.3 is 10.1 Å². The molecule has 0 fully saturated rings. The number of non-ortho nitro benzene ring substituents is 1. The maximum atomic E-state index is 12.5. The second-order valence-electron chi connectivity index (χ2n) is 5.69. The van der Waals surface area contributed by atoms with Gasteiger partial charge in [0.25, 0.3) is 5.69 Å². The molecule has 0 aliphatic heterocycles. The molecule has 0 aliphatic carbocycles. The van der Waals surface area contributed by atoms with Crippen molar-refractivity contribution in [2.45, 2.75) is 38.1 Å². The van der Waals surface area contributed by atoms with E-state index in [1.807, 2.05) is 20.8 Å². The highest BCUT2D eigenvalue weighted by Gasteiger charge is 2.20. The van der Waals surface area contributed by atoms with Gasteiger partial charge in [0, 0.05) is 23.5 Å². The number of aryl methyl sites for hydroxylation is 2. The summed E-state index contributed by atoms with van der Waals surface area (Å²) in [6, 6.07) is 4.03. The number of nitro benzene ring substituents is 1. The van der Waals surface area contributed by atoms with Gasteiger partial charge in [-0.25, -0.2) is 9.97 Å². The summed E-state index contributed by atoms with van der Waals surface area (Å²) in [6.45, 7) is 7.46. The Morgan fingerprint density at radius 1 is 1.27 bits per heavy atom. The van der Waals surface area contributed by atoms with E-state index >= 15 is 0 Å². The van der Waals surface area contributed by atoms with Gasteiger partial charge in [-0.2, -0.15) is 0 Å². The van der Waals surface area contributed by atoms with E-state index in [0.29, 0.717) is 10.9 Å². The van der Waals surface area contributed by atoms with Gasteiger partial charge in [-0.1, -0.05) is 11.8 Å². The Morgan fingerprint density at radius 3 is 2.42 bits per heavy atom. The molecule has 8 nitrogen and oxygen atoms in total. The molecular weight excluding hydrogens is 356 g/mol. The van der Waals surface area contributed by atoms with Crippen molar-refractivity contribution in [3.05, 3.63) is 45.3 Å². The predicted octanol–water partition coefficient (Wildman–Crippen LogP) is 3.44. The molecule has 1 aromatic heterocycles. The maximum absolute atomic E-state index is 12.5. The van der Waals surface area contributed by atoms with E-state index in [1.165, 1.54) is 37.1 Å². The van der Waals surface area contributed by atoms with Crippen LogP contribution in [0.25, 0.3) is 0 Å². The van der Waals surface area contributed by atoms with Crippen molar-refractivity contribution >= 4 is 29.0 Å². The topological polar surface area (TPSA) is 107 Å². The zero-order chi connectivity index (χ0) is 19.4. The highest BCUT2D eigenvalue weighted by Crippen LogP contribution is 2.30. The van der Waals surface area contributed by atoms with E-state index in [0.717, 1.165) is 17.0 Å². The molecule has 26 heavy (non-hydrogen) atoms. The lowest BCUT2D eigenvalue weighted by molar-refractivity contribution is -0.384. The fraction of sp³-hybridized carbons (Fsp3) is 0.353. The molecular formula is C17H20N4O4S. The minimum absolute atomic E-state index is 0.130. The molecule has 0 spiro atoms. The summed E-state index contributed by atoms with van der Waals surface area (Å²) in [5.41, 5.74) is 2.87. The monoisotopic (exact) mass is 376 g/mol. The van der Waals surface area contributed by atoms with Gasteiger partial charge in [0.2, 0.25) is 5.91 Å². The fourth-order valence-corrected chi connectivity index (χ4v) is 3.01. The van der Waals surface area contributed by atoms with Gasteiger partial charge in [0.05, 0.1) is 23.0 Å². The highest BCUT2D eigenvalue weighted by molar-refractivity contribution is 8.00. The van der Waals surface area contributed by atoms with Crippen molar-refractivity contribution in [1.82, 2.24) is 9.97 Å². The largest absolute Gasteiger partial charge is 0.495 e.